The molecule has 0 radical (unpaired) electrons. The van der Waals surface area contributed by atoms with Crippen LogP contribution in [0.1, 0.15) is 5.69 Å². The summed E-state index contributed by atoms with van der Waals surface area (Å²) in [4.78, 5) is 15.2. The number of carboxylic acid groups (broad SMARTS) is 1. The van der Waals surface area contributed by atoms with E-state index in [4.69, 9.17) is 9.52 Å². The van der Waals surface area contributed by atoms with E-state index in [1.165, 1.54) is 36.4 Å². The van der Waals surface area contributed by atoms with E-state index in [0.717, 1.165) is 0 Å². The molecule has 3 aromatic rings. The van der Waals surface area contributed by atoms with Gasteiger partial charge in [-0.15, -0.1) is 0 Å². The molecule has 0 fully saturated rings. The Kier molecular flexibility index (Phi) is 3.80. The number of benzene rings is 2. The molecule has 0 spiro atoms. The van der Waals surface area contributed by atoms with E-state index < -0.39 is 5.97 Å². The summed E-state index contributed by atoms with van der Waals surface area (Å²) in [5, 5.41) is 18.6. The van der Waals surface area contributed by atoms with Gasteiger partial charge in [-0.1, -0.05) is 12.1 Å². The number of hydrogen-bond acceptors (Lipinski definition) is 4. The Bertz CT molecular complexity index is 855. The van der Waals surface area contributed by atoms with Crippen molar-refractivity contribution in [3.8, 4) is 28.5 Å². The standard InChI is InChI=1S/C17H12FNO4/c18-12-6-4-10(5-7-12)17-19-14(9-15(21)22)16(23-17)11-2-1-3-13(20)8-11/h1-8,20H,9H2,(H,21,22). The Morgan fingerprint density at radius 1 is 1.13 bits per heavy atom. The summed E-state index contributed by atoms with van der Waals surface area (Å²) in [6.07, 6.45) is -0.324. The number of aromatic hydroxyl groups is 1. The van der Waals surface area contributed by atoms with Gasteiger partial charge in [-0.25, -0.2) is 9.37 Å². The molecule has 0 unspecified atom stereocenters. The van der Waals surface area contributed by atoms with E-state index in [1.807, 2.05) is 0 Å². The maximum Gasteiger partial charge on any atom is 0.309 e. The lowest BCUT2D eigenvalue weighted by molar-refractivity contribution is -0.136. The smallest absolute Gasteiger partial charge is 0.309 e. The molecule has 116 valence electrons. The number of phenols is 1. The van der Waals surface area contributed by atoms with Gasteiger partial charge in [0.2, 0.25) is 5.89 Å². The van der Waals surface area contributed by atoms with Crippen LogP contribution in [0, 0.1) is 5.82 Å². The molecule has 0 aliphatic rings. The van der Waals surface area contributed by atoms with Crippen LogP contribution < -0.4 is 0 Å². The van der Waals surface area contributed by atoms with Crippen LogP contribution in [0.4, 0.5) is 4.39 Å². The second kappa shape index (κ2) is 5.92. The van der Waals surface area contributed by atoms with Crippen molar-refractivity contribution in [1.29, 1.82) is 0 Å². The number of aliphatic carboxylic acids is 1. The van der Waals surface area contributed by atoms with Crippen molar-refractivity contribution in [3.05, 3.63) is 60.0 Å². The molecular formula is C17H12FNO4. The van der Waals surface area contributed by atoms with Crippen molar-refractivity contribution >= 4 is 5.97 Å². The lowest BCUT2D eigenvalue weighted by atomic mass is 10.1. The molecule has 2 aromatic carbocycles. The van der Waals surface area contributed by atoms with Gasteiger partial charge in [-0.2, -0.15) is 0 Å². The highest BCUT2D eigenvalue weighted by atomic mass is 19.1. The second-order valence-electron chi connectivity index (χ2n) is 4.92. The number of rotatable bonds is 4. The van der Waals surface area contributed by atoms with Gasteiger partial charge in [0.1, 0.15) is 11.6 Å². The third-order valence-electron chi connectivity index (χ3n) is 3.22. The van der Waals surface area contributed by atoms with Crippen molar-refractivity contribution in [2.24, 2.45) is 0 Å². The summed E-state index contributed by atoms with van der Waals surface area (Å²) in [6, 6.07) is 11.8. The minimum atomic E-state index is -1.05. The Hall–Kier alpha value is -3.15. The molecule has 0 aliphatic heterocycles. The first-order chi connectivity index (χ1) is 11.0. The van der Waals surface area contributed by atoms with Crippen LogP contribution in [-0.2, 0) is 11.2 Å². The van der Waals surface area contributed by atoms with Crippen molar-refractivity contribution < 1.29 is 23.8 Å². The summed E-state index contributed by atoms with van der Waals surface area (Å²) in [5.74, 6) is -0.949. The summed E-state index contributed by atoms with van der Waals surface area (Å²) < 4.78 is 18.7. The van der Waals surface area contributed by atoms with Gasteiger partial charge in [0.25, 0.3) is 0 Å². The molecule has 23 heavy (non-hydrogen) atoms. The van der Waals surface area contributed by atoms with Crippen molar-refractivity contribution in [1.82, 2.24) is 4.98 Å². The predicted octanol–water partition coefficient (Wildman–Crippen LogP) is 3.48. The van der Waals surface area contributed by atoms with Gasteiger partial charge < -0.3 is 14.6 Å². The van der Waals surface area contributed by atoms with Gasteiger partial charge in [-0.3, -0.25) is 4.79 Å². The van der Waals surface area contributed by atoms with E-state index >= 15 is 0 Å². The van der Waals surface area contributed by atoms with E-state index in [9.17, 15) is 14.3 Å². The zero-order chi connectivity index (χ0) is 16.4. The maximum atomic E-state index is 13.0. The third kappa shape index (κ3) is 3.21. The fourth-order valence-electron chi connectivity index (χ4n) is 2.20. The lowest BCUT2D eigenvalue weighted by Gasteiger charge is -2.00. The summed E-state index contributed by atoms with van der Waals surface area (Å²) in [5.41, 5.74) is 1.29. The highest BCUT2D eigenvalue weighted by molar-refractivity contribution is 5.74. The first-order valence-electron chi connectivity index (χ1n) is 6.80. The average molecular weight is 313 g/mol. The third-order valence-corrected chi connectivity index (χ3v) is 3.22. The predicted molar refractivity (Wildman–Crippen MR) is 80.3 cm³/mol. The number of carboxylic acids is 1. The highest BCUT2D eigenvalue weighted by Gasteiger charge is 2.19. The first-order valence-corrected chi connectivity index (χ1v) is 6.80. The van der Waals surface area contributed by atoms with Crippen molar-refractivity contribution in [2.45, 2.75) is 6.42 Å². The minimum Gasteiger partial charge on any atom is -0.508 e. The normalized spacial score (nSPS) is 10.7. The quantitative estimate of drug-likeness (QED) is 0.770. The van der Waals surface area contributed by atoms with Crippen LogP contribution in [-0.4, -0.2) is 21.2 Å². The lowest BCUT2D eigenvalue weighted by Crippen LogP contribution is -2.01. The number of carbonyl (C=O) groups is 1. The molecule has 6 heteroatoms. The van der Waals surface area contributed by atoms with E-state index in [2.05, 4.69) is 4.98 Å². The molecule has 0 saturated carbocycles. The molecule has 3 rings (SSSR count). The average Bonchev–Trinajstić information content (AvgIpc) is 2.91. The molecular weight excluding hydrogens is 301 g/mol. The van der Waals surface area contributed by atoms with Crippen LogP contribution in [0.25, 0.3) is 22.8 Å². The molecule has 5 nitrogen and oxygen atoms in total. The van der Waals surface area contributed by atoms with Crippen LogP contribution >= 0.6 is 0 Å². The van der Waals surface area contributed by atoms with Gasteiger partial charge in [0.15, 0.2) is 5.76 Å². The number of hydrogen-bond donors (Lipinski definition) is 2. The van der Waals surface area contributed by atoms with E-state index in [1.54, 1.807) is 12.1 Å². The highest BCUT2D eigenvalue weighted by Crippen LogP contribution is 2.31. The molecule has 2 N–H and O–H groups in total. The Balaban J connectivity index is 2.10. The largest absolute Gasteiger partial charge is 0.508 e. The number of nitrogens with zero attached hydrogens (tertiary/aromatic N) is 1. The molecule has 0 amide bonds. The fourth-order valence-corrected chi connectivity index (χ4v) is 2.20. The number of oxazole rings is 1. The summed E-state index contributed by atoms with van der Waals surface area (Å²) >= 11 is 0. The Morgan fingerprint density at radius 2 is 1.87 bits per heavy atom. The van der Waals surface area contributed by atoms with Crippen LogP contribution in [0.15, 0.2) is 52.9 Å². The van der Waals surface area contributed by atoms with Crippen LogP contribution in [0.3, 0.4) is 0 Å². The first kappa shape index (κ1) is 14.8. The zero-order valence-corrected chi connectivity index (χ0v) is 11.9. The Labute approximate surface area is 130 Å². The fraction of sp³-hybridized carbons (Fsp3) is 0.0588. The Morgan fingerprint density at radius 3 is 2.52 bits per heavy atom. The second-order valence-corrected chi connectivity index (χ2v) is 4.92. The molecule has 1 heterocycles. The SMILES string of the molecule is O=C(O)Cc1nc(-c2ccc(F)cc2)oc1-c1cccc(O)c1. The summed E-state index contributed by atoms with van der Waals surface area (Å²) in [6.45, 7) is 0. The molecule has 0 aliphatic carbocycles. The maximum absolute atomic E-state index is 13.0. The van der Waals surface area contributed by atoms with Gasteiger partial charge in [0, 0.05) is 11.1 Å². The zero-order valence-electron chi connectivity index (χ0n) is 11.9. The van der Waals surface area contributed by atoms with Gasteiger partial charge in [0.05, 0.1) is 12.1 Å². The van der Waals surface area contributed by atoms with Gasteiger partial charge >= 0.3 is 5.97 Å². The molecule has 0 atom stereocenters. The van der Waals surface area contributed by atoms with Crippen molar-refractivity contribution in [2.75, 3.05) is 0 Å². The van der Waals surface area contributed by atoms with Gasteiger partial charge in [-0.05, 0) is 36.4 Å². The minimum absolute atomic E-state index is 0.0310. The van der Waals surface area contributed by atoms with Crippen LogP contribution in [0.5, 0.6) is 5.75 Å². The monoisotopic (exact) mass is 313 g/mol. The van der Waals surface area contributed by atoms with Crippen LogP contribution in [0.2, 0.25) is 0 Å². The van der Waals surface area contributed by atoms with E-state index in [-0.39, 0.29) is 35.3 Å². The summed E-state index contributed by atoms with van der Waals surface area (Å²) in [7, 11) is 0. The molecule has 0 bridgehead atoms. The topological polar surface area (TPSA) is 83.6 Å². The number of aromatic nitrogens is 1. The number of halogens is 1. The molecule has 1 aromatic heterocycles. The number of phenolic OH excluding ortho intramolecular Hbond substituents is 1. The molecule has 0 saturated heterocycles. The van der Waals surface area contributed by atoms with E-state index in [0.29, 0.717) is 11.1 Å². The van der Waals surface area contributed by atoms with Crippen molar-refractivity contribution in [3.63, 3.8) is 0 Å².